The Bertz CT molecular complexity index is 1350. The Balaban J connectivity index is 1.08. The smallest absolute Gasteiger partial charge is 0.251 e. The van der Waals surface area contributed by atoms with Crippen LogP contribution in [0.25, 0.3) is 10.9 Å². The molecule has 2 amide bonds. The highest BCUT2D eigenvalue weighted by Crippen LogP contribution is 2.60. The fourth-order valence-electron chi connectivity index (χ4n) is 9.12. The molecule has 1 aromatic heterocycles. The first kappa shape index (κ1) is 25.9. The molecule has 5 aliphatic carbocycles. The van der Waals surface area contributed by atoms with Crippen LogP contribution in [0.5, 0.6) is 0 Å². The molecular formula is C35H43N3O2. The van der Waals surface area contributed by atoms with Gasteiger partial charge in [-0.2, -0.15) is 0 Å². The molecule has 4 bridgehead atoms. The van der Waals surface area contributed by atoms with Gasteiger partial charge in [-0.05, 0) is 123 Å². The van der Waals surface area contributed by atoms with Gasteiger partial charge in [0, 0.05) is 35.1 Å². The van der Waals surface area contributed by atoms with Gasteiger partial charge in [0.1, 0.15) is 6.04 Å². The van der Waals surface area contributed by atoms with Gasteiger partial charge >= 0.3 is 0 Å². The molecule has 1 heterocycles. The predicted molar refractivity (Wildman–Crippen MR) is 159 cm³/mol. The molecule has 40 heavy (non-hydrogen) atoms. The minimum Gasteiger partial charge on any atom is -0.361 e. The predicted octanol–water partition coefficient (Wildman–Crippen LogP) is 6.67. The van der Waals surface area contributed by atoms with Crippen LogP contribution in [-0.2, 0) is 16.6 Å². The van der Waals surface area contributed by atoms with E-state index < -0.39 is 6.04 Å². The second-order valence-electron chi connectivity index (χ2n) is 13.8. The summed E-state index contributed by atoms with van der Waals surface area (Å²) in [6, 6.07) is 16.1. The first-order chi connectivity index (χ1) is 19.4. The average molecular weight is 538 g/mol. The summed E-state index contributed by atoms with van der Waals surface area (Å²) in [4.78, 5) is 30.5. The maximum Gasteiger partial charge on any atom is 0.251 e. The molecule has 8 rings (SSSR count). The molecular weight excluding hydrogens is 494 g/mol. The van der Waals surface area contributed by atoms with Crippen LogP contribution in [0.4, 0.5) is 0 Å². The Morgan fingerprint density at radius 3 is 2.23 bits per heavy atom. The van der Waals surface area contributed by atoms with Crippen LogP contribution in [-0.4, -0.2) is 28.9 Å². The lowest BCUT2D eigenvalue weighted by atomic mass is 9.48. The SMILES string of the molecule is CC1CCC(NC(=O)[C@@H](Cc2c[nH]c3ccccc23)NC(=O)c2ccc(C34CC5CC(CC(C5)C3)C4)cc2)CC1. The van der Waals surface area contributed by atoms with Crippen molar-refractivity contribution in [1.82, 2.24) is 15.6 Å². The molecule has 210 valence electrons. The lowest BCUT2D eigenvalue weighted by Gasteiger charge is -2.57. The molecule has 5 heteroatoms. The number of carbonyl (C=O) groups is 2. The van der Waals surface area contributed by atoms with E-state index in [4.69, 9.17) is 0 Å². The third-order valence-corrected chi connectivity index (χ3v) is 10.9. The van der Waals surface area contributed by atoms with Gasteiger partial charge in [0.05, 0.1) is 0 Å². The quantitative estimate of drug-likeness (QED) is 0.315. The van der Waals surface area contributed by atoms with Crippen molar-refractivity contribution < 1.29 is 9.59 Å². The summed E-state index contributed by atoms with van der Waals surface area (Å²) in [6.45, 7) is 2.28. The molecule has 0 radical (unpaired) electrons. The molecule has 0 aliphatic heterocycles. The summed E-state index contributed by atoms with van der Waals surface area (Å²) in [6.07, 6.45) is 15.0. The monoisotopic (exact) mass is 537 g/mol. The lowest BCUT2D eigenvalue weighted by Crippen LogP contribution is -2.51. The summed E-state index contributed by atoms with van der Waals surface area (Å²) < 4.78 is 0. The van der Waals surface area contributed by atoms with Crippen LogP contribution in [0.2, 0.25) is 0 Å². The normalized spacial score (nSPS) is 31.7. The Morgan fingerprint density at radius 2 is 1.55 bits per heavy atom. The number of nitrogens with one attached hydrogen (secondary N) is 3. The molecule has 1 atom stereocenters. The van der Waals surface area contributed by atoms with Crippen molar-refractivity contribution in [2.45, 2.75) is 95.1 Å². The molecule has 2 aromatic carbocycles. The fraction of sp³-hybridized carbons (Fsp3) is 0.543. The summed E-state index contributed by atoms with van der Waals surface area (Å²) in [5.41, 5.74) is 4.47. The largest absolute Gasteiger partial charge is 0.361 e. The van der Waals surface area contributed by atoms with Gasteiger partial charge in [-0.3, -0.25) is 9.59 Å². The van der Waals surface area contributed by atoms with Gasteiger partial charge in [0.2, 0.25) is 5.91 Å². The van der Waals surface area contributed by atoms with Crippen molar-refractivity contribution in [1.29, 1.82) is 0 Å². The van der Waals surface area contributed by atoms with E-state index in [1.54, 1.807) is 0 Å². The van der Waals surface area contributed by atoms with Crippen molar-refractivity contribution in [2.75, 3.05) is 0 Å². The van der Waals surface area contributed by atoms with Crippen LogP contribution < -0.4 is 10.6 Å². The first-order valence-corrected chi connectivity index (χ1v) is 15.7. The Kier molecular flexibility index (Phi) is 6.72. The van der Waals surface area contributed by atoms with E-state index in [9.17, 15) is 9.59 Å². The highest BCUT2D eigenvalue weighted by molar-refractivity contribution is 5.98. The van der Waals surface area contributed by atoms with Gasteiger partial charge in [0.15, 0.2) is 0 Å². The minimum absolute atomic E-state index is 0.0802. The number of fused-ring (bicyclic) bond motifs is 1. The number of benzene rings is 2. The van der Waals surface area contributed by atoms with Crippen LogP contribution in [0.15, 0.2) is 54.7 Å². The number of para-hydroxylation sites is 1. The molecule has 5 aliphatic rings. The van der Waals surface area contributed by atoms with E-state index in [-0.39, 0.29) is 17.9 Å². The van der Waals surface area contributed by atoms with Crippen LogP contribution in [0, 0.1) is 23.7 Å². The van der Waals surface area contributed by atoms with E-state index in [0.717, 1.165) is 65.8 Å². The zero-order chi connectivity index (χ0) is 27.3. The first-order valence-electron chi connectivity index (χ1n) is 15.7. The molecule has 5 nitrogen and oxygen atoms in total. The second kappa shape index (κ2) is 10.4. The number of amides is 2. The number of carbonyl (C=O) groups excluding carboxylic acids is 2. The van der Waals surface area contributed by atoms with Crippen molar-refractivity contribution in [3.63, 3.8) is 0 Å². The van der Waals surface area contributed by atoms with E-state index >= 15 is 0 Å². The molecule has 0 saturated heterocycles. The van der Waals surface area contributed by atoms with Crippen molar-refractivity contribution in [2.24, 2.45) is 23.7 Å². The van der Waals surface area contributed by atoms with Crippen LogP contribution in [0.1, 0.15) is 92.6 Å². The number of hydrogen-bond acceptors (Lipinski definition) is 2. The van der Waals surface area contributed by atoms with Crippen molar-refractivity contribution in [3.8, 4) is 0 Å². The van der Waals surface area contributed by atoms with Crippen molar-refractivity contribution >= 4 is 22.7 Å². The summed E-state index contributed by atoms with van der Waals surface area (Å²) in [7, 11) is 0. The summed E-state index contributed by atoms with van der Waals surface area (Å²) >= 11 is 0. The standard InChI is InChI=1S/C35H43N3O2/c1-22-6-12-29(13-7-22)37-34(40)32(17-27-21-36-31-5-3-2-4-30(27)31)38-33(39)26-8-10-28(11-9-26)35-18-23-14-24(19-35)16-25(15-23)20-35/h2-5,8-11,21-25,29,32,36H,6-7,12-20H2,1H3,(H,37,40)(H,38,39)/t22?,23?,24?,25?,29?,32-,35?/m1/s1. The number of rotatable bonds is 7. The zero-order valence-corrected chi connectivity index (χ0v) is 23.8. The van der Waals surface area contributed by atoms with E-state index in [0.29, 0.717) is 17.4 Å². The number of H-pyrrole nitrogens is 1. The number of aromatic nitrogens is 1. The Morgan fingerprint density at radius 1 is 0.900 bits per heavy atom. The second-order valence-corrected chi connectivity index (χ2v) is 13.8. The van der Waals surface area contributed by atoms with Crippen LogP contribution >= 0.6 is 0 Å². The highest BCUT2D eigenvalue weighted by atomic mass is 16.2. The van der Waals surface area contributed by atoms with Crippen molar-refractivity contribution in [3.05, 3.63) is 71.4 Å². The van der Waals surface area contributed by atoms with E-state index in [1.165, 1.54) is 44.1 Å². The minimum atomic E-state index is -0.631. The highest BCUT2D eigenvalue weighted by Gasteiger charge is 2.51. The number of aromatic amines is 1. The fourth-order valence-corrected chi connectivity index (χ4v) is 9.12. The molecule has 5 fully saturated rings. The van der Waals surface area contributed by atoms with Crippen LogP contribution in [0.3, 0.4) is 0 Å². The Labute approximate surface area is 237 Å². The third-order valence-electron chi connectivity index (χ3n) is 10.9. The topological polar surface area (TPSA) is 74.0 Å². The lowest BCUT2D eigenvalue weighted by molar-refractivity contribution is -0.123. The summed E-state index contributed by atoms with van der Waals surface area (Å²) in [5, 5.41) is 7.50. The zero-order valence-electron chi connectivity index (χ0n) is 23.8. The van der Waals surface area contributed by atoms with E-state index in [2.05, 4.69) is 40.7 Å². The molecule has 3 aromatic rings. The van der Waals surface area contributed by atoms with E-state index in [1.807, 2.05) is 36.5 Å². The molecule has 5 saturated carbocycles. The average Bonchev–Trinajstić information content (AvgIpc) is 3.36. The van der Waals surface area contributed by atoms with Gasteiger partial charge in [-0.1, -0.05) is 37.3 Å². The molecule has 0 unspecified atom stereocenters. The number of hydrogen-bond donors (Lipinski definition) is 3. The third kappa shape index (κ3) is 4.97. The van der Waals surface area contributed by atoms with Gasteiger partial charge in [-0.15, -0.1) is 0 Å². The molecule has 0 spiro atoms. The summed E-state index contributed by atoms with van der Waals surface area (Å²) in [5.74, 6) is 3.15. The van der Waals surface area contributed by atoms with Gasteiger partial charge in [-0.25, -0.2) is 0 Å². The van der Waals surface area contributed by atoms with Gasteiger partial charge < -0.3 is 15.6 Å². The van der Waals surface area contributed by atoms with Gasteiger partial charge in [0.25, 0.3) is 5.91 Å². The molecule has 3 N–H and O–H groups in total. The maximum atomic E-state index is 13.6. The Hall–Kier alpha value is -3.08. The maximum absolute atomic E-state index is 13.6.